The molecule has 0 heterocycles. The summed E-state index contributed by atoms with van der Waals surface area (Å²) in [5.41, 5.74) is -2.13. The van der Waals surface area contributed by atoms with Gasteiger partial charge in [-0.1, -0.05) is 31.2 Å². The Kier molecular flexibility index (Phi) is 4.78. The van der Waals surface area contributed by atoms with E-state index in [1.807, 2.05) is 0 Å². The van der Waals surface area contributed by atoms with Gasteiger partial charge in [0.05, 0.1) is 0 Å². The highest BCUT2D eigenvalue weighted by Crippen LogP contribution is 2.46. The fourth-order valence-electron chi connectivity index (χ4n) is 2.82. The van der Waals surface area contributed by atoms with E-state index in [9.17, 15) is 23.1 Å². The van der Waals surface area contributed by atoms with E-state index in [-0.39, 0.29) is 5.75 Å². The van der Waals surface area contributed by atoms with Crippen molar-refractivity contribution in [3.63, 3.8) is 0 Å². The molecule has 2 aromatic carbocycles. The summed E-state index contributed by atoms with van der Waals surface area (Å²) in [5.74, 6) is -2.29. The highest BCUT2D eigenvalue weighted by molar-refractivity contribution is 5.84. The first-order valence-electron chi connectivity index (χ1n) is 7.61. The van der Waals surface area contributed by atoms with Crippen molar-refractivity contribution in [3.05, 3.63) is 42.0 Å². The second-order valence-electron chi connectivity index (χ2n) is 6.24. The maximum absolute atomic E-state index is 13.3. The lowest BCUT2D eigenvalue weighted by atomic mass is 9.76. The minimum Gasteiger partial charge on any atom is -0.508 e. The van der Waals surface area contributed by atoms with E-state index >= 15 is 0 Å². The second kappa shape index (κ2) is 6.34. The first-order valence-corrected chi connectivity index (χ1v) is 7.61. The fourth-order valence-corrected chi connectivity index (χ4v) is 2.82. The van der Waals surface area contributed by atoms with Crippen molar-refractivity contribution < 1.29 is 28.2 Å². The molecule has 0 bridgehead atoms. The SMILES string of the molecule is CCC(CC(C)(C(=O)O)C(F)(F)F)c1ccc2cc(O)ccc2c1. The number of carbonyl (C=O) groups is 1. The number of halogens is 3. The van der Waals surface area contributed by atoms with Gasteiger partial charge in [0.15, 0.2) is 5.41 Å². The molecule has 0 spiro atoms. The van der Waals surface area contributed by atoms with Gasteiger partial charge in [0.2, 0.25) is 0 Å². The van der Waals surface area contributed by atoms with Crippen LogP contribution in [0, 0.1) is 5.41 Å². The third kappa shape index (κ3) is 3.32. The Bertz CT molecular complexity index is 755. The van der Waals surface area contributed by atoms with Crippen LogP contribution in [0.1, 0.15) is 38.2 Å². The zero-order valence-electron chi connectivity index (χ0n) is 13.4. The predicted octanol–water partition coefficient (Wildman–Crippen LogP) is 5.08. The van der Waals surface area contributed by atoms with Crippen LogP contribution in [0.5, 0.6) is 5.75 Å². The highest BCUT2D eigenvalue weighted by Gasteiger charge is 2.57. The van der Waals surface area contributed by atoms with Gasteiger partial charge in [0, 0.05) is 0 Å². The molecule has 0 fully saturated rings. The first-order chi connectivity index (χ1) is 11.1. The molecule has 2 N–H and O–H groups in total. The molecule has 0 amide bonds. The van der Waals surface area contributed by atoms with Crippen LogP contribution >= 0.6 is 0 Å². The number of rotatable bonds is 5. The normalized spacial score (nSPS) is 15.9. The van der Waals surface area contributed by atoms with Crippen LogP contribution in [0.4, 0.5) is 13.2 Å². The van der Waals surface area contributed by atoms with Crippen molar-refractivity contribution in [3.8, 4) is 5.75 Å². The molecular formula is C18H19F3O3. The molecule has 2 unspecified atom stereocenters. The summed E-state index contributed by atoms with van der Waals surface area (Å²) in [6, 6.07) is 9.91. The summed E-state index contributed by atoms with van der Waals surface area (Å²) < 4.78 is 39.8. The number of hydrogen-bond acceptors (Lipinski definition) is 2. The molecule has 0 aliphatic rings. The number of carboxylic acids is 1. The largest absolute Gasteiger partial charge is 0.508 e. The van der Waals surface area contributed by atoms with Gasteiger partial charge in [-0.3, -0.25) is 4.79 Å². The number of fused-ring (bicyclic) bond motifs is 1. The van der Waals surface area contributed by atoms with Crippen molar-refractivity contribution in [1.82, 2.24) is 0 Å². The van der Waals surface area contributed by atoms with E-state index in [0.29, 0.717) is 12.0 Å². The highest BCUT2D eigenvalue weighted by atomic mass is 19.4. The molecular weight excluding hydrogens is 321 g/mol. The van der Waals surface area contributed by atoms with Gasteiger partial charge in [-0.25, -0.2) is 0 Å². The summed E-state index contributed by atoms with van der Waals surface area (Å²) in [6.45, 7) is 2.47. The van der Waals surface area contributed by atoms with Crippen LogP contribution in [-0.4, -0.2) is 22.4 Å². The van der Waals surface area contributed by atoms with Crippen molar-refractivity contribution >= 4 is 16.7 Å². The van der Waals surface area contributed by atoms with E-state index in [2.05, 4.69) is 0 Å². The van der Waals surface area contributed by atoms with Crippen LogP contribution in [-0.2, 0) is 4.79 Å². The topological polar surface area (TPSA) is 57.5 Å². The molecule has 0 aliphatic carbocycles. The minimum atomic E-state index is -4.82. The molecule has 3 nitrogen and oxygen atoms in total. The Morgan fingerprint density at radius 1 is 1.12 bits per heavy atom. The Morgan fingerprint density at radius 2 is 1.71 bits per heavy atom. The monoisotopic (exact) mass is 340 g/mol. The number of alkyl halides is 3. The first kappa shape index (κ1) is 18.1. The van der Waals surface area contributed by atoms with E-state index in [4.69, 9.17) is 5.11 Å². The number of aliphatic carboxylic acids is 1. The summed E-state index contributed by atoms with van der Waals surface area (Å²) in [6.07, 6.45) is -4.96. The Balaban J connectivity index is 2.41. The van der Waals surface area contributed by atoms with E-state index < -0.39 is 29.9 Å². The second-order valence-corrected chi connectivity index (χ2v) is 6.24. The summed E-state index contributed by atoms with van der Waals surface area (Å²) >= 11 is 0. The van der Waals surface area contributed by atoms with Gasteiger partial charge in [0.25, 0.3) is 0 Å². The number of benzene rings is 2. The lowest BCUT2D eigenvalue weighted by molar-refractivity contribution is -0.229. The van der Waals surface area contributed by atoms with Crippen LogP contribution in [0.15, 0.2) is 36.4 Å². The Morgan fingerprint density at radius 3 is 2.25 bits per heavy atom. The van der Waals surface area contributed by atoms with E-state index in [0.717, 1.165) is 17.7 Å². The number of hydrogen-bond donors (Lipinski definition) is 2. The fraction of sp³-hybridized carbons (Fsp3) is 0.389. The summed E-state index contributed by atoms with van der Waals surface area (Å²) in [4.78, 5) is 11.3. The third-order valence-corrected chi connectivity index (χ3v) is 4.56. The van der Waals surface area contributed by atoms with Crippen LogP contribution in [0.25, 0.3) is 10.8 Å². The van der Waals surface area contributed by atoms with Gasteiger partial charge < -0.3 is 10.2 Å². The quantitative estimate of drug-likeness (QED) is 0.798. The molecule has 0 aliphatic heterocycles. The molecule has 0 saturated carbocycles. The maximum Gasteiger partial charge on any atom is 0.404 e. The molecule has 6 heteroatoms. The van der Waals surface area contributed by atoms with Crippen LogP contribution in [0.3, 0.4) is 0 Å². The summed E-state index contributed by atoms with van der Waals surface area (Å²) in [5, 5.41) is 20.1. The minimum absolute atomic E-state index is 0.109. The van der Waals surface area contributed by atoms with Crippen LogP contribution < -0.4 is 0 Å². The Labute approximate surface area is 137 Å². The summed E-state index contributed by atoms with van der Waals surface area (Å²) in [7, 11) is 0. The lowest BCUT2D eigenvalue weighted by Crippen LogP contribution is -2.43. The molecule has 130 valence electrons. The predicted molar refractivity (Wildman–Crippen MR) is 85.1 cm³/mol. The molecule has 2 atom stereocenters. The molecule has 2 aromatic rings. The number of carboxylic acid groups (broad SMARTS) is 1. The number of aromatic hydroxyl groups is 1. The molecule has 24 heavy (non-hydrogen) atoms. The van der Waals surface area contributed by atoms with E-state index in [1.54, 1.807) is 37.3 Å². The smallest absolute Gasteiger partial charge is 0.404 e. The zero-order chi connectivity index (χ0) is 18.1. The zero-order valence-corrected chi connectivity index (χ0v) is 13.4. The van der Waals surface area contributed by atoms with Gasteiger partial charge in [-0.05, 0) is 54.2 Å². The van der Waals surface area contributed by atoms with E-state index in [1.165, 1.54) is 6.07 Å². The Hall–Kier alpha value is -2.24. The van der Waals surface area contributed by atoms with Crippen LogP contribution in [0.2, 0.25) is 0 Å². The number of phenolic OH excluding ortho intramolecular Hbond substituents is 1. The number of phenols is 1. The van der Waals surface area contributed by atoms with Gasteiger partial charge >= 0.3 is 12.1 Å². The molecule has 2 rings (SSSR count). The average Bonchev–Trinajstić information content (AvgIpc) is 2.50. The average molecular weight is 340 g/mol. The third-order valence-electron chi connectivity index (χ3n) is 4.56. The molecule has 0 aromatic heterocycles. The molecule has 0 saturated heterocycles. The lowest BCUT2D eigenvalue weighted by Gasteiger charge is -2.31. The van der Waals surface area contributed by atoms with Gasteiger partial charge in [0.1, 0.15) is 5.75 Å². The molecule has 0 radical (unpaired) electrons. The standard InChI is InChI=1S/C18H19F3O3/c1-3-11(10-17(2,16(23)24)18(19,20)21)12-4-5-14-9-15(22)7-6-13(14)8-12/h4-9,11,22H,3,10H2,1-2H3,(H,23,24). The van der Waals surface area contributed by atoms with Crippen molar-refractivity contribution in [1.29, 1.82) is 0 Å². The maximum atomic E-state index is 13.3. The van der Waals surface area contributed by atoms with Crippen molar-refractivity contribution in [2.45, 2.75) is 38.8 Å². The van der Waals surface area contributed by atoms with Crippen molar-refractivity contribution in [2.24, 2.45) is 5.41 Å². The van der Waals surface area contributed by atoms with Crippen molar-refractivity contribution in [2.75, 3.05) is 0 Å². The van der Waals surface area contributed by atoms with Gasteiger partial charge in [-0.15, -0.1) is 0 Å². The van der Waals surface area contributed by atoms with Gasteiger partial charge in [-0.2, -0.15) is 13.2 Å².